The molecule has 5 rings (SSSR count). The number of hydrogen-bond donors (Lipinski definition) is 1. The number of hydrogen-bond acceptors (Lipinski definition) is 7. The van der Waals surface area contributed by atoms with Gasteiger partial charge in [0.25, 0.3) is 5.91 Å². The van der Waals surface area contributed by atoms with Gasteiger partial charge in [-0.15, -0.1) is 22.7 Å². The molecule has 3 aromatic heterocycles. The highest BCUT2D eigenvalue weighted by molar-refractivity contribution is 7.09. The molecular formula is C24H25N5O3S2. The van der Waals surface area contributed by atoms with Crippen LogP contribution >= 0.6 is 22.7 Å². The minimum atomic E-state index is -1.16. The Balaban J connectivity index is 1.34. The molecule has 176 valence electrons. The summed E-state index contributed by atoms with van der Waals surface area (Å²) in [5.41, 5.74) is 2.04. The van der Waals surface area contributed by atoms with Crippen LogP contribution in [0.15, 0.2) is 52.9 Å². The smallest absolute Gasteiger partial charge is 0.325 e. The number of piperidine rings is 1. The third-order valence-corrected chi connectivity index (χ3v) is 8.26. The van der Waals surface area contributed by atoms with E-state index in [9.17, 15) is 14.4 Å². The maximum absolute atomic E-state index is 13.9. The third kappa shape index (κ3) is 4.23. The molecule has 0 spiro atoms. The molecule has 1 atom stereocenters. The van der Waals surface area contributed by atoms with Gasteiger partial charge in [0.15, 0.2) is 5.54 Å². The fourth-order valence-corrected chi connectivity index (χ4v) is 6.19. The highest BCUT2D eigenvalue weighted by atomic mass is 32.1. The number of rotatable bonds is 7. The average Bonchev–Trinajstić information content (AvgIpc) is 3.61. The van der Waals surface area contributed by atoms with Crippen molar-refractivity contribution in [2.24, 2.45) is 5.92 Å². The van der Waals surface area contributed by atoms with Gasteiger partial charge in [-0.1, -0.05) is 12.1 Å². The van der Waals surface area contributed by atoms with Crippen LogP contribution in [0, 0.1) is 5.92 Å². The van der Waals surface area contributed by atoms with Gasteiger partial charge >= 0.3 is 6.03 Å². The summed E-state index contributed by atoms with van der Waals surface area (Å²) in [6.07, 6.45) is 5.47. The van der Waals surface area contributed by atoms with Gasteiger partial charge in [-0.05, 0) is 42.7 Å². The number of amides is 4. The molecule has 0 radical (unpaired) electrons. The summed E-state index contributed by atoms with van der Waals surface area (Å²) < 4.78 is 0. The number of carbonyl (C=O) groups is 3. The van der Waals surface area contributed by atoms with E-state index in [1.54, 1.807) is 35.3 Å². The lowest BCUT2D eigenvalue weighted by atomic mass is 9.73. The third-order valence-electron chi connectivity index (χ3n) is 6.69. The summed E-state index contributed by atoms with van der Waals surface area (Å²) in [7, 11) is 0. The van der Waals surface area contributed by atoms with E-state index in [4.69, 9.17) is 0 Å². The van der Waals surface area contributed by atoms with Gasteiger partial charge in [0.1, 0.15) is 0 Å². The van der Waals surface area contributed by atoms with Crippen molar-refractivity contribution in [2.45, 2.75) is 31.2 Å². The van der Waals surface area contributed by atoms with Crippen LogP contribution in [-0.2, 0) is 28.0 Å². The maximum atomic E-state index is 13.9. The number of thiophene rings is 1. The quantitative estimate of drug-likeness (QED) is 0.509. The molecule has 2 fully saturated rings. The van der Waals surface area contributed by atoms with E-state index in [1.807, 2.05) is 33.9 Å². The van der Waals surface area contributed by atoms with Crippen molar-refractivity contribution in [3.05, 3.63) is 69.1 Å². The Labute approximate surface area is 205 Å². The molecule has 0 aromatic carbocycles. The van der Waals surface area contributed by atoms with Crippen LogP contribution in [0.5, 0.6) is 0 Å². The van der Waals surface area contributed by atoms with Gasteiger partial charge in [0.05, 0.1) is 17.6 Å². The Morgan fingerprint density at radius 1 is 1.21 bits per heavy atom. The van der Waals surface area contributed by atoms with Crippen LogP contribution in [0.4, 0.5) is 4.79 Å². The SMILES string of the molecule is O=C(Cc1cscn1)N1CCC(C2(c3cccnc3)NC(=O)N(CCc3cccs3)C2=O)CC1. The highest BCUT2D eigenvalue weighted by Crippen LogP contribution is 2.41. The Bertz CT molecular complexity index is 1140. The summed E-state index contributed by atoms with van der Waals surface area (Å²) >= 11 is 3.09. The van der Waals surface area contributed by atoms with E-state index in [2.05, 4.69) is 15.3 Å². The standard InChI is InChI=1S/C24H25N5O3S2/c30-21(13-19-15-33-16-26-19)28-9-5-17(6-10-28)24(18-3-1-8-25-14-18)22(31)29(23(32)27-24)11-7-20-4-2-12-34-20/h1-4,8,12,14-17H,5-7,9-11,13H2,(H,27,32). The topological polar surface area (TPSA) is 95.5 Å². The Morgan fingerprint density at radius 2 is 2.06 bits per heavy atom. The highest BCUT2D eigenvalue weighted by Gasteiger charge is 2.57. The van der Waals surface area contributed by atoms with Crippen molar-refractivity contribution in [2.75, 3.05) is 19.6 Å². The van der Waals surface area contributed by atoms with Gasteiger partial charge < -0.3 is 10.2 Å². The van der Waals surface area contributed by atoms with Crippen LogP contribution in [-0.4, -0.2) is 57.2 Å². The van der Waals surface area contributed by atoms with Gasteiger partial charge in [-0.25, -0.2) is 9.78 Å². The first-order valence-corrected chi connectivity index (χ1v) is 13.1. The molecule has 3 aromatic rings. The van der Waals surface area contributed by atoms with Crippen LogP contribution in [0.1, 0.15) is 29.0 Å². The Kier molecular flexibility index (Phi) is 6.42. The van der Waals surface area contributed by atoms with Crippen LogP contribution in [0.25, 0.3) is 0 Å². The number of carbonyl (C=O) groups excluding carboxylic acids is 3. The molecule has 1 unspecified atom stereocenters. The molecule has 0 aliphatic carbocycles. The lowest BCUT2D eigenvalue weighted by Gasteiger charge is -2.41. The summed E-state index contributed by atoms with van der Waals surface area (Å²) in [6.45, 7) is 1.40. The van der Waals surface area contributed by atoms with Crippen LogP contribution in [0.2, 0.25) is 0 Å². The van der Waals surface area contributed by atoms with Gasteiger partial charge in [0.2, 0.25) is 5.91 Å². The Morgan fingerprint density at radius 3 is 2.74 bits per heavy atom. The van der Waals surface area contributed by atoms with E-state index >= 15 is 0 Å². The van der Waals surface area contributed by atoms with Crippen LogP contribution < -0.4 is 5.32 Å². The molecule has 2 aliphatic rings. The van der Waals surface area contributed by atoms with Gasteiger partial charge in [0, 0.05) is 47.8 Å². The number of nitrogens with one attached hydrogen (secondary N) is 1. The number of pyridine rings is 1. The largest absolute Gasteiger partial charge is 0.342 e. The normalized spacial score (nSPS) is 21.2. The summed E-state index contributed by atoms with van der Waals surface area (Å²) in [6, 6.07) is 7.25. The monoisotopic (exact) mass is 495 g/mol. The predicted molar refractivity (Wildman–Crippen MR) is 129 cm³/mol. The molecule has 2 saturated heterocycles. The molecule has 0 saturated carbocycles. The van der Waals surface area contributed by atoms with E-state index in [0.717, 1.165) is 10.6 Å². The molecule has 34 heavy (non-hydrogen) atoms. The first-order valence-electron chi connectivity index (χ1n) is 11.3. The van der Waals surface area contributed by atoms with Gasteiger partial charge in [-0.3, -0.25) is 19.5 Å². The van der Waals surface area contributed by atoms with Crippen molar-refractivity contribution >= 4 is 40.5 Å². The first-order chi connectivity index (χ1) is 16.6. The number of thiazole rings is 1. The molecule has 5 heterocycles. The average molecular weight is 496 g/mol. The van der Waals surface area contributed by atoms with Crippen molar-refractivity contribution in [1.82, 2.24) is 25.1 Å². The number of imide groups is 1. The van der Waals surface area contributed by atoms with Crippen LogP contribution in [0.3, 0.4) is 0 Å². The second kappa shape index (κ2) is 9.63. The van der Waals surface area contributed by atoms with Gasteiger partial charge in [-0.2, -0.15) is 0 Å². The molecule has 4 amide bonds. The van der Waals surface area contributed by atoms with E-state index in [-0.39, 0.29) is 30.2 Å². The van der Waals surface area contributed by atoms with E-state index in [0.29, 0.717) is 44.5 Å². The molecule has 2 aliphatic heterocycles. The second-order valence-electron chi connectivity index (χ2n) is 8.58. The summed E-state index contributed by atoms with van der Waals surface area (Å²) in [5, 5.41) is 6.93. The molecule has 8 nitrogen and oxygen atoms in total. The van der Waals surface area contributed by atoms with E-state index < -0.39 is 5.54 Å². The van der Waals surface area contributed by atoms with E-state index in [1.165, 1.54) is 16.2 Å². The number of nitrogens with zero attached hydrogens (tertiary/aromatic N) is 4. The molecule has 1 N–H and O–H groups in total. The lowest BCUT2D eigenvalue weighted by molar-refractivity contribution is -0.136. The maximum Gasteiger partial charge on any atom is 0.325 e. The zero-order valence-corrected chi connectivity index (χ0v) is 20.2. The summed E-state index contributed by atoms with van der Waals surface area (Å²) in [4.78, 5) is 52.4. The zero-order chi connectivity index (χ0) is 23.5. The minimum Gasteiger partial charge on any atom is -0.342 e. The zero-order valence-electron chi connectivity index (χ0n) is 18.6. The fraction of sp³-hybridized carbons (Fsp3) is 0.375. The second-order valence-corrected chi connectivity index (χ2v) is 10.3. The first kappa shape index (κ1) is 22.7. The van der Waals surface area contributed by atoms with Crippen molar-refractivity contribution < 1.29 is 14.4 Å². The number of likely N-dealkylation sites (tertiary alicyclic amines) is 1. The molecule has 0 bridgehead atoms. The van der Waals surface area contributed by atoms with Crippen molar-refractivity contribution in [3.63, 3.8) is 0 Å². The number of urea groups is 1. The van der Waals surface area contributed by atoms with Crippen molar-refractivity contribution in [1.29, 1.82) is 0 Å². The molecule has 10 heteroatoms. The number of aromatic nitrogens is 2. The summed E-state index contributed by atoms with van der Waals surface area (Å²) in [5.74, 6) is -0.323. The Hall–Kier alpha value is -3.11. The predicted octanol–water partition coefficient (Wildman–Crippen LogP) is 3.07. The van der Waals surface area contributed by atoms with Crippen molar-refractivity contribution in [3.8, 4) is 0 Å². The fourth-order valence-electron chi connectivity index (χ4n) is 4.93. The minimum absolute atomic E-state index is 0.0409. The lowest BCUT2D eigenvalue weighted by Crippen LogP contribution is -2.54. The molecular weight excluding hydrogens is 470 g/mol.